The number of halogens is 1. The molecule has 0 fully saturated rings. The lowest BCUT2D eigenvalue weighted by Crippen LogP contribution is -2.18. The molecule has 1 heterocycles. The summed E-state index contributed by atoms with van der Waals surface area (Å²) in [6, 6.07) is 11.5. The third-order valence-electron chi connectivity index (χ3n) is 4.24. The molecule has 2 aromatic rings. The second-order valence-corrected chi connectivity index (χ2v) is 6.69. The second kappa shape index (κ2) is 5.04. The molecule has 2 aromatic carbocycles. The number of aliphatic hydroxyl groups is 1. The lowest BCUT2D eigenvalue weighted by atomic mass is 9.85. The molecular formula is C18H19ClO2. The Balaban J connectivity index is 2.03. The van der Waals surface area contributed by atoms with Crippen molar-refractivity contribution in [3.05, 3.63) is 63.7 Å². The normalized spacial score (nSPS) is 17.2. The molecule has 1 aliphatic heterocycles. The fourth-order valence-electron chi connectivity index (χ4n) is 2.81. The fraction of sp³-hybridized carbons (Fsp3) is 0.333. The maximum atomic E-state index is 10.7. The van der Waals surface area contributed by atoms with Crippen LogP contribution in [-0.2, 0) is 5.41 Å². The van der Waals surface area contributed by atoms with Gasteiger partial charge in [0, 0.05) is 16.0 Å². The number of hydrogen-bond donors (Lipinski definition) is 1. The smallest absolute Gasteiger partial charge is 0.123 e. The van der Waals surface area contributed by atoms with Gasteiger partial charge in [-0.2, -0.15) is 0 Å². The molecule has 0 radical (unpaired) electrons. The first kappa shape index (κ1) is 14.4. The van der Waals surface area contributed by atoms with Crippen LogP contribution < -0.4 is 4.74 Å². The summed E-state index contributed by atoms with van der Waals surface area (Å²) in [6.07, 6.45) is -0.676. The quantitative estimate of drug-likeness (QED) is 0.891. The zero-order valence-electron chi connectivity index (χ0n) is 12.5. The zero-order chi connectivity index (χ0) is 15.2. The number of hydrogen-bond acceptors (Lipinski definition) is 2. The predicted molar refractivity (Wildman–Crippen MR) is 85.2 cm³/mol. The molecule has 110 valence electrons. The van der Waals surface area contributed by atoms with Gasteiger partial charge in [-0.3, -0.25) is 0 Å². The number of aliphatic hydroxyl groups excluding tert-OH is 1. The van der Waals surface area contributed by atoms with Gasteiger partial charge >= 0.3 is 0 Å². The lowest BCUT2D eigenvalue weighted by molar-refractivity contribution is 0.219. The largest absolute Gasteiger partial charge is 0.492 e. The Labute approximate surface area is 130 Å². The molecule has 1 atom stereocenters. The van der Waals surface area contributed by atoms with Crippen molar-refractivity contribution in [2.24, 2.45) is 0 Å². The molecule has 0 aliphatic carbocycles. The van der Waals surface area contributed by atoms with Gasteiger partial charge in [-0.15, -0.1) is 0 Å². The average molecular weight is 303 g/mol. The highest BCUT2D eigenvalue weighted by Gasteiger charge is 2.32. The van der Waals surface area contributed by atoms with E-state index in [1.54, 1.807) is 0 Å². The van der Waals surface area contributed by atoms with Crippen LogP contribution >= 0.6 is 11.6 Å². The summed E-state index contributed by atoms with van der Waals surface area (Å²) in [5, 5.41) is 11.4. The Morgan fingerprint density at radius 3 is 2.76 bits per heavy atom. The average Bonchev–Trinajstić information content (AvgIpc) is 2.76. The monoisotopic (exact) mass is 302 g/mol. The Morgan fingerprint density at radius 1 is 1.24 bits per heavy atom. The van der Waals surface area contributed by atoms with Gasteiger partial charge in [0.2, 0.25) is 0 Å². The molecule has 0 bridgehead atoms. The molecule has 3 heteroatoms. The van der Waals surface area contributed by atoms with E-state index in [-0.39, 0.29) is 5.41 Å². The van der Waals surface area contributed by atoms with Crippen LogP contribution in [-0.4, -0.2) is 11.7 Å². The maximum Gasteiger partial charge on any atom is 0.123 e. The van der Waals surface area contributed by atoms with Crippen LogP contribution in [0.5, 0.6) is 5.75 Å². The minimum absolute atomic E-state index is 0.0194. The number of fused-ring (bicyclic) bond motifs is 1. The standard InChI is InChI=1S/C18H19ClO2/c1-11-13(5-4-6-15(11)19)17(20)12-7-8-16-14(9-12)18(2,3)10-21-16/h4-9,17,20H,10H2,1-3H3. The van der Waals surface area contributed by atoms with Gasteiger partial charge in [-0.05, 0) is 41.8 Å². The molecule has 0 amide bonds. The van der Waals surface area contributed by atoms with Crippen molar-refractivity contribution in [2.75, 3.05) is 6.61 Å². The van der Waals surface area contributed by atoms with Crippen molar-refractivity contribution in [1.29, 1.82) is 0 Å². The topological polar surface area (TPSA) is 29.5 Å². The van der Waals surface area contributed by atoms with Gasteiger partial charge in [0.1, 0.15) is 11.9 Å². The van der Waals surface area contributed by atoms with Crippen molar-refractivity contribution in [3.8, 4) is 5.75 Å². The van der Waals surface area contributed by atoms with E-state index in [1.165, 1.54) is 0 Å². The van der Waals surface area contributed by atoms with Crippen molar-refractivity contribution >= 4 is 11.6 Å². The highest BCUT2D eigenvalue weighted by molar-refractivity contribution is 6.31. The molecular weight excluding hydrogens is 284 g/mol. The molecule has 0 saturated carbocycles. The molecule has 1 unspecified atom stereocenters. The second-order valence-electron chi connectivity index (χ2n) is 6.28. The molecule has 2 nitrogen and oxygen atoms in total. The van der Waals surface area contributed by atoms with E-state index in [2.05, 4.69) is 13.8 Å². The van der Waals surface area contributed by atoms with Gasteiger partial charge in [-0.25, -0.2) is 0 Å². The third kappa shape index (κ3) is 2.43. The fourth-order valence-corrected chi connectivity index (χ4v) is 2.99. The third-order valence-corrected chi connectivity index (χ3v) is 4.65. The predicted octanol–water partition coefficient (Wildman–Crippen LogP) is 4.40. The van der Waals surface area contributed by atoms with Gasteiger partial charge in [0.25, 0.3) is 0 Å². The van der Waals surface area contributed by atoms with Crippen LogP contribution in [0.4, 0.5) is 0 Å². The van der Waals surface area contributed by atoms with Crippen LogP contribution in [0, 0.1) is 6.92 Å². The maximum absolute atomic E-state index is 10.7. The van der Waals surface area contributed by atoms with Gasteiger partial charge in [0.15, 0.2) is 0 Å². The zero-order valence-corrected chi connectivity index (χ0v) is 13.2. The number of rotatable bonds is 2. The SMILES string of the molecule is Cc1c(Cl)cccc1C(O)c1ccc2c(c1)C(C)(C)CO2. The summed E-state index contributed by atoms with van der Waals surface area (Å²) in [5.41, 5.74) is 3.77. The van der Waals surface area contributed by atoms with E-state index in [1.807, 2.05) is 43.3 Å². The van der Waals surface area contributed by atoms with E-state index in [4.69, 9.17) is 16.3 Å². The first-order chi connectivity index (χ1) is 9.90. The molecule has 0 aromatic heterocycles. The van der Waals surface area contributed by atoms with E-state index in [0.717, 1.165) is 28.0 Å². The van der Waals surface area contributed by atoms with Crippen LogP contribution in [0.15, 0.2) is 36.4 Å². The Kier molecular flexibility index (Phi) is 3.46. The van der Waals surface area contributed by atoms with E-state index in [9.17, 15) is 5.11 Å². The van der Waals surface area contributed by atoms with Crippen LogP contribution in [0.3, 0.4) is 0 Å². The lowest BCUT2D eigenvalue weighted by Gasteiger charge is -2.19. The first-order valence-electron chi connectivity index (χ1n) is 7.10. The first-order valence-corrected chi connectivity index (χ1v) is 7.48. The molecule has 0 spiro atoms. The van der Waals surface area contributed by atoms with Gasteiger partial charge < -0.3 is 9.84 Å². The minimum atomic E-state index is -0.676. The molecule has 1 N–H and O–H groups in total. The summed E-state index contributed by atoms with van der Waals surface area (Å²) < 4.78 is 5.69. The highest BCUT2D eigenvalue weighted by atomic mass is 35.5. The van der Waals surface area contributed by atoms with E-state index in [0.29, 0.717) is 11.6 Å². The van der Waals surface area contributed by atoms with E-state index >= 15 is 0 Å². The summed E-state index contributed by atoms with van der Waals surface area (Å²) in [7, 11) is 0. The Morgan fingerprint density at radius 2 is 2.00 bits per heavy atom. The molecule has 0 saturated heterocycles. The number of benzene rings is 2. The number of ether oxygens (including phenoxy) is 1. The van der Waals surface area contributed by atoms with Crippen LogP contribution in [0.1, 0.15) is 42.2 Å². The minimum Gasteiger partial charge on any atom is -0.492 e. The van der Waals surface area contributed by atoms with Crippen LogP contribution in [0.25, 0.3) is 0 Å². The van der Waals surface area contributed by atoms with Crippen molar-refractivity contribution in [2.45, 2.75) is 32.3 Å². The summed E-state index contributed by atoms with van der Waals surface area (Å²) in [5.74, 6) is 0.916. The van der Waals surface area contributed by atoms with Crippen molar-refractivity contribution in [1.82, 2.24) is 0 Å². The highest BCUT2D eigenvalue weighted by Crippen LogP contribution is 2.40. The summed E-state index contributed by atoms with van der Waals surface area (Å²) >= 11 is 6.15. The molecule has 3 rings (SSSR count). The van der Waals surface area contributed by atoms with Crippen molar-refractivity contribution < 1.29 is 9.84 Å². The summed E-state index contributed by atoms with van der Waals surface area (Å²) in [6.45, 7) is 6.92. The van der Waals surface area contributed by atoms with Gasteiger partial charge in [-0.1, -0.05) is 43.6 Å². The van der Waals surface area contributed by atoms with Crippen molar-refractivity contribution in [3.63, 3.8) is 0 Å². The molecule has 21 heavy (non-hydrogen) atoms. The van der Waals surface area contributed by atoms with Gasteiger partial charge in [0.05, 0.1) is 6.61 Å². The Hall–Kier alpha value is -1.51. The summed E-state index contributed by atoms with van der Waals surface area (Å²) in [4.78, 5) is 0. The van der Waals surface area contributed by atoms with Crippen LogP contribution in [0.2, 0.25) is 5.02 Å². The Bertz CT molecular complexity index is 692. The molecule has 1 aliphatic rings. The van der Waals surface area contributed by atoms with E-state index < -0.39 is 6.10 Å².